The van der Waals surface area contributed by atoms with Crippen LogP contribution in [-0.2, 0) is 9.59 Å². The van der Waals surface area contributed by atoms with E-state index in [-0.39, 0.29) is 0 Å². The van der Waals surface area contributed by atoms with Gasteiger partial charge in [0.2, 0.25) is 5.91 Å². The summed E-state index contributed by atoms with van der Waals surface area (Å²) >= 11 is 0. The van der Waals surface area contributed by atoms with E-state index >= 15 is 0 Å². The van der Waals surface area contributed by atoms with E-state index in [0.29, 0.717) is 0 Å². The van der Waals surface area contributed by atoms with Crippen molar-refractivity contribution in [1.82, 2.24) is 5.32 Å². The van der Waals surface area contributed by atoms with Crippen LogP contribution in [0.4, 0.5) is 4.39 Å². The predicted octanol–water partition coefficient (Wildman–Crippen LogP) is 0.298. The molecule has 0 saturated heterocycles. The van der Waals surface area contributed by atoms with E-state index in [0.717, 1.165) is 6.08 Å². The molecule has 0 spiro atoms. The molecule has 3 nitrogen and oxygen atoms in total. The van der Waals surface area contributed by atoms with E-state index in [9.17, 15) is 14.0 Å². The zero-order valence-electron chi connectivity index (χ0n) is 5.19. The molecule has 54 valence electrons. The molecule has 0 saturated carbocycles. The Morgan fingerprint density at radius 1 is 1.50 bits per heavy atom. The van der Waals surface area contributed by atoms with Crippen LogP contribution in [0.1, 0.15) is 0 Å². The largest absolute Gasteiger partial charge is 0.287 e. The van der Waals surface area contributed by atoms with Gasteiger partial charge in [-0.1, -0.05) is 13.2 Å². The second kappa shape index (κ2) is 3.55. The highest BCUT2D eigenvalue weighted by atomic mass is 19.1. The Labute approximate surface area is 57.2 Å². The molecule has 0 aliphatic rings. The van der Waals surface area contributed by atoms with Gasteiger partial charge in [0.05, 0.1) is 0 Å². The van der Waals surface area contributed by atoms with Crippen LogP contribution in [-0.4, -0.2) is 11.8 Å². The van der Waals surface area contributed by atoms with Crippen molar-refractivity contribution < 1.29 is 14.0 Å². The lowest BCUT2D eigenvalue weighted by Gasteiger charge is -1.94. The van der Waals surface area contributed by atoms with Crippen molar-refractivity contribution in [3.05, 3.63) is 25.1 Å². The lowest BCUT2D eigenvalue weighted by Crippen LogP contribution is -2.28. The van der Waals surface area contributed by atoms with Gasteiger partial charge >= 0.3 is 0 Å². The zero-order chi connectivity index (χ0) is 8.15. The number of nitrogens with one attached hydrogen (secondary N) is 1. The van der Waals surface area contributed by atoms with Crippen LogP contribution in [0.2, 0.25) is 0 Å². The standard InChI is InChI=1S/C6H6FNO2/c1-3-5(9)8-6(10)4(2)7/h3H,1-2H2,(H,8,9,10). The third-order valence-corrected chi connectivity index (χ3v) is 0.669. The molecule has 0 bridgehead atoms. The monoisotopic (exact) mass is 143 g/mol. The van der Waals surface area contributed by atoms with Crippen LogP contribution < -0.4 is 5.32 Å². The van der Waals surface area contributed by atoms with E-state index in [1.807, 2.05) is 0 Å². The van der Waals surface area contributed by atoms with Crippen molar-refractivity contribution in [2.75, 3.05) is 0 Å². The Balaban J connectivity index is 3.92. The quantitative estimate of drug-likeness (QED) is 0.565. The average Bonchev–Trinajstić information content (AvgIpc) is 1.87. The third kappa shape index (κ3) is 2.76. The summed E-state index contributed by atoms with van der Waals surface area (Å²) in [7, 11) is 0. The van der Waals surface area contributed by atoms with Crippen molar-refractivity contribution in [2.24, 2.45) is 0 Å². The van der Waals surface area contributed by atoms with Crippen molar-refractivity contribution in [3.8, 4) is 0 Å². The van der Waals surface area contributed by atoms with Gasteiger partial charge in [0.15, 0.2) is 5.83 Å². The van der Waals surface area contributed by atoms with E-state index in [1.165, 1.54) is 0 Å². The first-order valence-corrected chi connectivity index (χ1v) is 2.40. The molecule has 0 aromatic rings. The fraction of sp³-hybridized carbons (Fsp3) is 0. The molecule has 0 rings (SSSR count). The first kappa shape index (κ1) is 8.55. The summed E-state index contributed by atoms with van der Waals surface area (Å²) < 4.78 is 11.8. The van der Waals surface area contributed by atoms with Crippen molar-refractivity contribution in [2.45, 2.75) is 0 Å². The van der Waals surface area contributed by atoms with Gasteiger partial charge in [0.1, 0.15) is 0 Å². The summed E-state index contributed by atoms with van der Waals surface area (Å²) in [5.74, 6) is -3.08. The Kier molecular flexibility index (Phi) is 3.04. The Morgan fingerprint density at radius 2 is 2.00 bits per heavy atom. The fourth-order valence-corrected chi connectivity index (χ4v) is 0.231. The van der Waals surface area contributed by atoms with Gasteiger partial charge < -0.3 is 0 Å². The summed E-state index contributed by atoms with van der Waals surface area (Å²) in [4.78, 5) is 20.5. The fourth-order valence-electron chi connectivity index (χ4n) is 0.231. The van der Waals surface area contributed by atoms with Crippen LogP contribution in [0, 0.1) is 0 Å². The second-order valence-corrected chi connectivity index (χ2v) is 1.43. The van der Waals surface area contributed by atoms with Crippen LogP contribution in [0.25, 0.3) is 0 Å². The van der Waals surface area contributed by atoms with Gasteiger partial charge in [-0.05, 0) is 6.08 Å². The van der Waals surface area contributed by atoms with Gasteiger partial charge in [-0.2, -0.15) is 0 Å². The van der Waals surface area contributed by atoms with Crippen LogP contribution in [0.5, 0.6) is 0 Å². The Hall–Kier alpha value is -1.45. The van der Waals surface area contributed by atoms with Gasteiger partial charge in [-0.15, -0.1) is 0 Å². The van der Waals surface area contributed by atoms with Crippen molar-refractivity contribution in [1.29, 1.82) is 0 Å². The number of hydrogen-bond acceptors (Lipinski definition) is 2. The summed E-state index contributed by atoms with van der Waals surface area (Å²) in [6.07, 6.45) is 0.862. The van der Waals surface area contributed by atoms with Crippen molar-refractivity contribution in [3.63, 3.8) is 0 Å². The highest BCUT2D eigenvalue weighted by molar-refractivity contribution is 6.06. The van der Waals surface area contributed by atoms with Gasteiger partial charge in [-0.3, -0.25) is 14.9 Å². The summed E-state index contributed by atoms with van der Waals surface area (Å²) in [6, 6.07) is 0. The van der Waals surface area contributed by atoms with E-state index in [2.05, 4.69) is 13.2 Å². The molecule has 0 aliphatic carbocycles. The van der Waals surface area contributed by atoms with E-state index in [4.69, 9.17) is 0 Å². The summed E-state index contributed by atoms with van der Waals surface area (Å²) in [5, 5.41) is 1.66. The first-order valence-electron chi connectivity index (χ1n) is 2.40. The minimum atomic E-state index is -1.20. The number of rotatable bonds is 2. The molecule has 0 atom stereocenters. The van der Waals surface area contributed by atoms with Crippen LogP contribution >= 0.6 is 0 Å². The second-order valence-electron chi connectivity index (χ2n) is 1.43. The van der Waals surface area contributed by atoms with Gasteiger partial charge in [0, 0.05) is 0 Å². The Morgan fingerprint density at radius 3 is 2.30 bits per heavy atom. The van der Waals surface area contributed by atoms with Crippen molar-refractivity contribution >= 4 is 11.8 Å². The lowest BCUT2D eigenvalue weighted by atomic mass is 10.5. The Bertz CT molecular complexity index is 198. The van der Waals surface area contributed by atoms with Crippen LogP contribution in [0.15, 0.2) is 25.1 Å². The molecule has 0 aliphatic heterocycles. The number of amides is 2. The molecule has 0 radical (unpaired) electrons. The van der Waals surface area contributed by atoms with Gasteiger partial charge in [0.25, 0.3) is 5.91 Å². The minimum Gasteiger partial charge on any atom is -0.287 e. The number of carbonyl (C=O) groups is 2. The molecule has 1 N–H and O–H groups in total. The summed E-state index contributed by atoms with van der Waals surface area (Å²) in [5.41, 5.74) is 0. The number of imide groups is 1. The highest BCUT2D eigenvalue weighted by Crippen LogP contribution is 1.88. The molecule has 0 fully saturated rings. The lowest BCUT2D eigenvalue weighted by molar-refractivity contribution is -0.126. The zero-order valence-corrected chi connectivity index (χ0v) is 5.19. The van der Waals surface area contributed by atoms with Gasteiger partial charge in [-0.25, -0.2) is 4.39 Å². The topological polar surface area (TPSA) is 46.2 Å². The minimum absolute atomic E-state index is 0.746. The molecular weight excluding hydrogens is 137 g/mol. The summed E-state index contributed by atoms with van der Waals surface area (Å²) in [6.45, 7) is 5.73. The maximum absolute atomic E-state index is 11.8. The maximum Gasteiger partial charge on any atom is 0.286 e. The van der Waals surface area contributed by atoms with E-state index in [1.54, 1.807) is 5.32 Å². The molecule has 0 aromatic heterocycles. The predicted molar refractivity (Wildman–Crippen MR) is 33.6 cm³/mol. The number of halogens is 1. The molecule has 0 aromatic carbocycles. The maximum atomic E-state index is 11.8. The molecule has 0 unspecified atom stereocenters. The molecular formula is C6H6FNO2. The molecule has 0 heterocycles. The molecule has 10 heavy (non-hydrogen) atoms. The third-order valence-electron chi connectivity index (χ3n) is 0.669. The number of carbonyl (C=O) groups excluding carboxylic acids is 2. The molecule has 4 heteroatoms. The van der Waals surface area contributed by atoms with E-state index < -0.39 is 17.6 Å². The normalized spacial score (nSPS) is 8.10. The SMILES string of the molecule is C=CC(=O)NC(=O)C(=C)F. The number of hydrogen-bond donors (Lipinski definition) is 1. The average molecular weight is 143 g/mol. The smallest absolute Gasteiger partial charge is 0.286 e. The highest BCUT2D eigenvalue weighted by Gasteiger charge is 2.06. The molecule has 2 amide bonds. The first-order chi connectivity index (χ1) is 4.57. The van der Waals surface area contributed by atoms with Crippen LogP contribution in [0.3, 0.4) is 0 Å².